The van der Waals surface area contributed by atoms with E-state index in [9.17, 15) is 0 Å². The first-order valence-corrected chi connectivity index (χ1v) is 20.0. The summed E-state index contributed by atoms with van der Waals surface area (Å²) in [5.74, 6) is 0.959. The summed E-state index contributed by atoms with van der Waals surface area (Å²) < 4.78 is 0. The molecule has 0 amide bonds. The molecule has 0 fully saturated rings. The maximum absolute atomic E-state index is 2.50. The second-order valence-corrected chi connectivity index (χ2v) is 14.0. The third-order valence-corrected chi connectivity index (χ3v) is 9.51. The molecule has 246 valence electrons. The molecule has 1 unspecified atom stereocenters. The van der Waals surface area contributed by atoms with E-state index in [2.05, 4.69) is 32.9 Å². The molecule has 0 heterocycles. The Bertz CT molecular complexity index is 463. The molecule has 0 aromatic heterocycles. The predicted molar refractivity (Wildman–Crippen MR) is 191 cm³/mol. The fourth-order valence-electron chi connectivity index (χ4n) is 6.46. The summed E-state index contributed by atoms with van der Waals surface area (Å²) in [5.41, 5.74) is 0. The first kappa shape index (κ1) is 40.7. The first-order valence-electron chi connectivity index (χ1n) is 20.0. The Labute approximate surface area is 263 Å². The Morgan fingerprint density at radius 3 is 0.780 bits per heavy atom. The van der Waals surface area contributed by atoms with E-state index in [0.29, 0.717) is 0 Å². The lowest BCUT2D eigenvalue weighted by Gasteiger charge is -2.11. The van der Waals surface area contributed by atoms with Crippen LogP contribution < -0.4 is 0 Å². The molecule has 41 heavy (non-hydrogen) atoms. The summed E-state index contributed by atoms with van der Waals surface area (Å²) in [4.78, 5) is 0. The smallest absolute Gasteiger partial charge is 0.0351 e. The van der Waals surface area contributed by atoms with Crippen LogP contribution in [0.2, 0.25) is 0 Å². The van der Waals surface area contributed by atoms with Crippen molar-refractivity contribution >= 4 is 0 Å². The Hall–Kier alpha value is -0.260. The average Bonchev–Trinajstić information content (AvgIpc) is 2.98. The van der Waals surface area contributed by atoms with E-state index in [4.69, 9.17) is 0 Å². The summed E-state index contributed by atoms with van der Waals surface area (Å²) in [6, 6.07) is 0. The Kier molecular flexibility index (Phi) is 37.5. The van der Waals surface area contributed by atoms with Gasteiger partial charge in [0.2, 0.25) is 0 Å². The monoisotopic (exact) mass is 575 g/mol. The van der Waals surface area contributed by atoms with Gasteiger partial charge in [0.15, 0.2) is 0 Å². The normalized spacial score (nSPS) is 12.6. The van der Waals surface area contributed by atoms with E-state index in [0.717, 1.165) is 5.92 Å². The number of rotatable bonds is 36. The molecule has 0 aliphatic rings. The molecule has 0 aromatic rings. The number of allylic oxidation sites excluding steroid dienone is 2. The average molecular weight is 575 g/mol. The molecule has 0 N–H and O–H groups in total. The van der Waals surface area contributed by atoms with Crippen molar-refractivity contribution in [2.45, 2.75) is 245 Å². The van der Waals surface area contributed by atoms with Crippen LogP contribution in [0.5, 0.6) is 0 Å². The van der Waals surface area contributed by atoms with Crippen molar-refractivity contribution in [3.8, 4) is 0 Å². The van der Waals surface area contributed by atoms with Gasteiger partial charge in [-0.25, -0.2) is 0 Å². The fourth-order valence-corrected chi connectivity index (χ4v) is 6.46. The highest BCUT2D eigenvalue weighted by atomic mass is 14.1. The van der Waals surface area contributed by atoms with Gasteiger partial charge in [0.25, 0.3) is 0 Å². The molecule has 0 aliphatic carbocycles. The molecule has 0 rings (SSSR count). The molecule has 0 spiro atoms. The Morgan fingerprint density at radius 2 is 0.512 bits per heavy atom. The van der Waals surface area contributed by atoms with Gasteiger partial charge in [-0.3, -0.25) is 0 Å². The highest BCUT2D eigenvalue weighted by Gasteiger charge is 2.02. The summed E-state index contributed by atoms with van der Waals surface area (Å²) in [6.07, 6.45) is 55.8. The maximum atomic E-state index is 2.50. The first-order chi connectivity index (χ1) is 20.3. The topological polar surface area (TPSA) is 0 Å². The van der Waals surface area contributed by atoms with Gasteiger partial charge in [0, 0.05) is 0 Å². The van der Waals surface area contributed by atoms with Crippen LogP contribution in [0, 0.1) is 5.92 Å². The van der Waals surface area contributed by atoms with Gasteiger partial charge in [0.05, 0.1) is 0 Å². The van der Waals surface area contributed by atoms with Crippen LogP contribution in [0.3, 0.4) is 0 Å². The molecule has 1 atom stereocenters. The van der Waals surface area contributed by atoms with Crippen LogP contribution in [0.1, 0.15) is 245 Å². The van der Waals surface area contributed by atoms with Crippen LogP contribution in [0.4, 0.5) is 0 Å². The Balaban J connectivity index is 3.17. The second kappa shape index (κ2) is 37.8. The molecular formula is C41H82. The molecule has 0 aliphatic heterocycles. The zero-order valence-corrected chi connectivity index (χ0v) is 29.5. The van der Waals surface area contributed by atoms with E-state index < -0.39 is 0 Å². The fraction of sp³-hybridized carbons (Fsp3) is 0.951. The molecule has 0 heteroatoms. The van der Waals surface area contributed by atoms with Gasteiger partial charge in [-0.15, -0.1) is 0 Å². The van der Waals surface area contributed by atoms with Crippen LogP contribution in [-0.4, -0.2) is 0 Å². The van der Waals surface area contributed by atoms with E-state index >= 15 is 0 Å². The SMILES string of the molecule is CCCCCCCCCCCCCCCCCC=CCCCCCCCCCC(C)CCCCCCCCCCC. The van der Waals surface area contributed by atoms with E-state index in [1.165, 1.54) is 225 Å². The third kappa shape index (κ3) is 37.7. The molecule has 0 radical (unpaired) electrons. The lowest BCUT2D eigenvalue weighted by molar-refractivity contribution is 0.430. The van der Waals surface area contributed by atoms with Gasteiger partial charge in [0.1, 0.15) is 0 Å². The quantitative estimate of drug-likeness (QED) is 0.0515. The minimum atomic E-state index is 0.959. The maximum Gasteiger partial charge on any atom is -0.0351 e. The van der Waals surface area contributed by atoms with Crippen LogP contribution >= 0.6 is 0 Å². The van der Waals surface area contributed by atoms with E-state index in [1.807, 2.05) is 0 Å². The molecular weight excluding hydrogens is 492 g/mol. The standard InChI is InChI=1S/C41H82/c1-4-6-8-10-12-14-15-16-17-18-19-20-21-22-23-24-25-26-27-28-29-30-32-34-36-38-40-41(3)39-37-35-33-31-13-11-9-7-5-2/h25-26,41H,4-24,27-40H2,1-3H3. The minimum absolute atomic E-state index is 0.959. The van der Waals surface area contributed by atoms with Crippen molar-refractivity contribution < 1.29 is 0 Å². The largest absolute Gasteiger partial charge is 0.0885 e. The highest BCUT2D eigenvalue weighted by Crippen LogP contribution is 2.19. The van der Waals surface area contributed by atoms with Crippen molar-refractivity contribution in [3.05, 3.63) is 12.2 Å². The van der Waals surface area contributed by atoms with Crippen molar-refractivity contribution in [2.24, 2.45) is 5.92 Å². The third-order valence-electron chi connectivity index (χ3n) is 9.51. The number of unbranched alkanes of at least 4 members (excludes halogenated alkanes) is 30. The van der Waals surface area contributed by atoms with E-state index in [-0.39, 0.29) is 0 Å². The Morgan fingerprint density at radius 1 is 0.293 bits per heavy atom. The summed E-state index contributed by atoms with van der Waals surface area (Å²) in [7, 11) is 0. The molecule has 0 saturated carbocycles. The molecule has 0 bridgehead atoms. The summed E-state index contributed by atoms with van der Waals surface area (Å²) in [5, 5.41) is 0. The predicted octanol–water partition coefficient (Wildman–Crippen LogP) is 15.9. The zero-order valence-electron chi connectivity index (χ0n) is 29.5. The van der Waals surface area contributed by atoms with Gasteiger partial charge in [-0.05, 0) is 31.6 Å². The minimum Gasteiger partial charge on any atom is -0.0885 e. The second-order valence-electron chi connectivity index (χ2n) is 14.0. The van der Waals surface area contributed by atoms with Gasteiger partial charge in [-0.2, -0.15) is 0 Å². The van der Waals surface area contributed by atoms with Gasteiger partial charge >= 0.3 is 0 Å². The van der Waals surface area contributed by atoms with Crippen LogP contribution in [0.15, 0.2) is 12.2 Å². The lowest BCUT2D eigenvalue weighted by Crippen LogP contribution is -1.95. The van der Waals surface area contributed by atoms with Crippen molar-refractivity contribution in [2.75, 3.05) is 0 Å². The highest BCUT2D eigenvalue weighted by molar-refractivity contribution is 4.81. The number of hydrogen-bond acceptors (Lipinski definition) is 0. The lowest BCUT2D eigenvalue weighted by atomic mass is 9.95. The van der Waals surface area contributed by atoms with Crippen molar-refractivity contribution in [3.63, 3.8) is 0 Å². The molecule has 0 nitrogen and oxygen atoms in total. The molecule has 0 aromatic carbocycles. The summed E-state index contributed by atoms with van der Waals surface area (Å²) in [6.45, 7) is 7.11. The van der Waals surface area contributed by atoms with Crippen molar-refractivity contribution in [1.82, 2.24) is 0 Å². The number of hydrogen-bond donors (Lipinski definition) is 0. The summed E-state index contributed by atoms with van der Waals surface area (Å²) >= 11 is 0. The zero-order chi connectivity index (χ0) is 29.7. The van der Waals surface area contributed by atoms with Crippen LogP contribution in [-0.2, 0) is 0 Å². The van der Waals surface area contributed by atoms with Crippen molar-refractivity contribution in [1.29, 1.82) is 0 Å². The molecule has 0 saturated heterocycles. The van der Waals surface area contributed by atoms with Crippen LogP contribution in [0.25, 0.3) is 0 Å². The van der Waals surface area contributed by atoms with E-state index in [1.54, 1.807) is 0 Å². The van der Waals surface area contributed by atoms with Gasteiger partial charge in [-0.1, -0.05) is 232 Å². The van der Waals surface area contributed by atoms with Gasteiger partial charge < -0.3 is 0 Å².